The van der Waals surface area contributed by atoms with Crippen molar-refractivity contribution in [1.29, 1.82) is 0 Å². The monoisotopic (exact) mass is 368 g/mol. The first-order valence-corrected chi connectivity index (χ1v) is 9.09. The first-order chi connectivity index (χ1) is 12.7. The van der Waals surface area contributed by atoms with Crippen LogP contribution in [0.25, 0.3) is 11.1 Å². The van der Waals surface area contributed by atoms with Crippen molar-refractivity contribution in [3.05, 3.63) is 71.3 Å². The summed E-state index contributed by atoms with van der Waals surface area (Å²) in [5, 5.41) is 4.97. The van der Waals surface area contributed by atoms with Crippen molar-refractivity contribution in [1.82, 2.24) is 19.7 Å². The zero-order valence-electron chi connectivity index (χ0n) is 14.7. The van der Waals surface area contributed by atoms with E-state index in [-0.39, 0.29) is 6.10 Å². The Labute approximate surface area is 158 Å². The van der Waals surface area contributed by atoms with Crippen molar-refractivity contribution in [2.24, 2.45) is 7.05 Å². The molecule has 0 spiro atoms. The molecule has 4 rings (SSSR count). The molecule has 0 radical (unpaired) electrons. The van der Waals surface area contributed by atoms with Crippen molar-refractivity contribution in [2.45, 2.75) is 12.6 Å². The lowest BCUT2D eigenvalue weighted by atomic mass is 10.1. The number of halogens is 1. The van der Waals surface area contributed by atoms with Crippen molar-refractivity contribution in [3.63, 3.8) is 0 Å². The van der Waals surface area contributed by atoms with E-state index < -0.39 is 0 Å². The van der Waals surface area contributed by atoms with Gasteiger partial charge in [-0.1, -0.05) is 29.8 Å². The fourth-order valence-electron chi connectivity index (χ4n) is 3.25. The van der Waals surface area contributed by atoms with E-state index in [2.05, 4.69) is 33.2 Å². The Morgan fingerprint density at radius 2 is 2.12 bits per heavy atom. The first kappa shape index (κ1) is 17.2. The van der Waals surface area contributed by atoms with E-state index in [1.807, 2.05) is 48.4 Å². The SMILES string of the molecule is Cn1nccc1CN1CCO[C@H](c2ccc(-c3cccc(Cl)c3)cn2)C1. The van der Waals surface area contributed by atoms with Crippen LogP contribution in [0, 0.1) is 0 Å². The molecular formula is C20H21ClN4O. The molecule has 0 saturated carbocycles. The van der Waals surface area contributed by atoms with Gasteiger partial charge in [-0.3, -0.25) is 14.6 Å². The zero-order chi connectivity index (χ0) is 17.9. The van der Waals surface area contributed by atoms with Crippen LogP contribution in [0.3, 0.4) is 0 Å². The minimum Gasteiger partial charge on any atom is -0.369 e. The second kappa shape index (κ2) is 7.58. The molecule has 3 aromatic rings. The number of benzene rings is 1. The number of aromatic nitrogens is 3. The number of morpholine rings is 1. The van der Waals surface area contributed by atoms with E-state index in [9.17, 15) is 0 Å². The molecule has 0 N–H and O–H groups in total. The molecule has 5 nitrogen and oxygen atoms in total. The van der Waals surface area contributed by atoms with Crippen LogP contribution >= 0.6 is 11.6 Å². The van der Waals surface area contributed by atoms with E-state index in [0.717, 1.165) is 41.5 Å². The van der Waals surface area contributed by atoms with Gasteiger partial charge in [-0.15, -0.1) is 0 Å². The van der Waals surface area contributed by atoms with Gasteiger partial charge in [-0.25, -0.2) is 0 Å². The van der Waals surface area contributed by atoms with Gasteiger partial charge >= 0.3 is 0 Å². The topological polar surface area (TPSA) is 43.2 Å². The average molecular weight is 369 g/mol. The Bertz CT molecular complexity index is 878. The Morgan fingerprint density at radius 3 is 2.85 bits per heavy atom. The van der Waals surface area contributed by atoms with Crippen LogP contribution in [-0.2, 0) is 18.3 Å². The van der Waals surface area contributed by atoms with Crippen LogP contribution in [0.1, 0.15) is 17.5 Å². The third-order valence-corrected chi connectivity index (χ3v) is 4.97. The fraction of sp³-hybridized carbons (Fsp3) is 0.300. The molecule has 1 saturated heterocycles. The molecule has 1 fully saturated rings. The molecule has 3 heterocycles. The number of rotatable bonds is 4. The van der Waals surface area contributed by atoms with E-state index in [4.69, 9.17) is 16.3 Å². The van der Waals surface area contributed by atoms with Gasteiger partial charge < -0.3 is 4.74 Å². The number of aryl methyl sites for hydroxylation is 1. The molecule has 1 aliphatic heterocycles. The van der Waals surface area contributed by atoms with E-state index in [1.54, 1.807) is 0 Å². The summed E-state index contributed by atoms with van der Waals surface area (Å²) >= 11 is 6.08. The van der Waals surface area contributed by atoms with Crippen molar-refractivity contribution in [3.8, 4) is 11.1 Å². The predicted octanol–water partition coefficient (Wildman–Crippen LogP) is 3.71. The predicted molar refractivity (Wildman–Crippen MR) is 102 cm³/mol. The van der Waals surface area contributed by atoms with Crippen LogP contribution in [0.2, 0.25) is 5.02 Å². The first-order valence-electron chi connectivity index (χ1n) is 8.72. The maximum absolute atomic E-state index is 6.08. The smallest absolute Gasteiger partial charge is 0.112 e. The van der Waals surface area contributed by atoms with E-state index in [0.29, 0.717) is 6.61 Å². The molecule has 0 aliphatic carbocycles. The Hall–Kier alpha value is -2.21. The molecule has 1 atom stereocenters. The van der Waals surface area contributed by atoms with Gasteiger partial charge in [-0.2, -0.15) is 5.10 Å². The number of nitrogens with zero attached hydrogens (tertiary/aromatic N) is 4. The lowest BCUT2D eigenvalue weighted by molar-refractivity contribution is -0.0356. The molecular weight excluding hydrogens is 348 g/mol. The number of hydrogen-bond acceptors (Lipinski definition) is 4. The molecule has 134 valence electrons. The molecule has 0 unspecified atom stereocenters. The van der Waals surface area contributed by atoms with Crippen LogP contribution < -0.4 is 0 Å². The standard InChI is InChI=1S/C20H21ClN4O/c1-24-18(7-8-23-24)13-25-9-10-26-20(14-25)19-6-5-16(12-22-19)15-3-2-4-17(21)11-15/h2-8,11-12,20H,9-10,13-14H2,1H3/t20-/m0/s1. The highest BCUT2D eigenvalue weighted by atomic mass is 35.5. The minimum atomic E-state index is -0.00890. The molecule has 0 bridgehead atoms. The maximum Gasteiger partial charge on any atom is 0.112 e. The lowest BCUT2D eigenvalue weighted by Crippen LogP contribution is -2.38. The normalized spacial score (nSPS) is 18.2. The molecule has 0 amide bonds. The maximum atomic E-state index is 6.08. The van der Waals surface area contributed by atoms with Gasteiger partial charge in [0.1, 0.15) is 6.10 Å². The number of hydrogen-bond donors (Lipinski definition) is 0. The highest BCUT2D eigenvalue weighted by Crippen LogP contribution is 2.26. The van der Waals surface area contributed by atoms with Gasteiger partial charge in [0.25, 0.3) is 0 Å². The molecule has 1 aliphatic rings. The summed E-state index contributed by atoms with van der Waals surface area (Å²) in [5.41, 5.74) is 4.29. The van der Waals surface area contributed by atoms with Gasteiger partial charge in [0.2, 0.25) is 0 Å². The van der Waals surface area contributed by atoms with E-state index in [1.165, 1.54) is 5.69 Å². The second-order valence-electron chi connectivity index (χ2n) is 6.52. The summed E-state index contributed by atoms with van der Waals surface area (Å²) in [6, 6.07) is 14.0. The molecule has 26 heavy (non-hydrogen) atoms. The summed E-state index contributed by atoms with van der Waals surface area (Å²) in [5.74, 6) is 0. The number of pyridine rings is 1. The third-order valence-electron chi connectivity index (χ3n) is 4.73. The van der Waals surface area contributed by atoms with Gasteiger partial charge in [0, 0.05) is 49.7 Å². The van der Waals surface area contributed by atoms with Gasteiger partial charge in [0.05, 0.1) is 18.0 Å². The molecule has 1 aromatic carbocycles. The summed E-state index contributed by atoms with van der Waals surface area (Å²) < 4.78 is 7.88. The van der Waals surface area contributed by atoms with Crippen LogP contribution in [0.15, 0.2) is 54.9 Å². The summed E-state index contributed by atoms with van der Waals surface area (Å²) in [4.78, 5) is 7.03. The lowest BCUT2D eigenvalue weighted by Gasteiger charge is -2.32. The Kier molecular flexibility index (Phi) is 5.02. The molecule has 6 heteroatoms. The quantitative estimate of drug-likeness (QED) is 0.704. The van der Waals surface area contributed by atoms with Crippen LogP contribution in [0.5, 0.6) is 0 Å². The summed E-state index contributed by atoms with van der Waals surface area (Å²) in [6.07, 6.45) is 3.72. The summed E-state index contributed by atoms with van der Waals surface area (Å²) in [6.45, 7) is 3.33. The Morgan fingerprint density at radius 1 is 1.19 bits per heavy atom. The third kappa shape index (κ3) is 3.80. The second-order valence-corrected chi connectivity index (χ2v) is 6.96. The van der Waals surface area contributed by atoms with E-state index >= 15 is 0 Å². The number of ether oxygens (including phenoxy) is 1. The minimum absolute atomic E-state index is 0.00890. The zero-order valence-corrected chi connectivity index (χ0v) is 15.4. The molecule has 2 aromatic heterocycles. The largest absolute Gasteiger partial charge is 0.369 e. The van der Waals surface area contributed by atoms with Crippen LogP contribution in [0.4, 0.5) is 0 Å². The van der Waals surface area contributed by atoms with Crippen molar-refractivity contribution >= 4 is 11.6 Å². The highest BCUT2D eigenvalue weighted by molar-refractivity contribution is 6.30. The van der Waals surface area contributed by atoms with Crippen molar-refractivity contribution < 1.29 is 4.74 Å². The highest BCUT2D eigenvalue weighted by Gasteiger charge is 2.23. The average Bonchev–Trinajstić information content (AvgIpc) is 3.07. The Balaban J connectivity index is 1.46. The van der Waals surface area contributed by atoms with Crippen molar-refractivity contribution in [2.75, 3.05) is 19.7 Å². The van der Waals surface area contributed by atoms with Crippen LogP contribution in [-0.4, -0.2) is 39.4 Å². The van der Waals surface area contributed by atoms with Gasteiger partial charge in [-0.05, 0) is 29.8 Å². The van der Waals surface area contributed by atoms with Gasteiger partial charge in [0.15, 0.2) is 0 Å². The fourth-order valence-corrected chi connectivity index (χ4v) is 3.44. The summed E-state index contributed by atoms with van der Waals surface area (Å²) in [7, 11) is 1.98.